The zero-order valence-electron chi connectivity index (χ0n) is 19.9. The molecule has 0 aliphatic heterocycles. The first-order valence-corrected chi connectivity index (χ1v) is 24.3. The third-order valence-corrected chi connectivity index (χ3v) is 25.3. The van der Waals surface area contributed by atoms with Gasteiger partial charge in [-0.15, -0.1) is 24.8 Å². The van der Waals surface area contributed by atoms with Gasteiger partial charge in [-0.25, -0.2) is 0 Å². The Kier molecular flexibility index (Phi) is 7.67. The Bertz CT molecular complexity index is 1180. The average molecular weight is 551 g/mol. The van der Waals surface area contributed by atoms with E-state index in [1.165, 1.54) is 16.7 Å². The number of fused-ring (bicyclic) bond motifs is 1. The van der Waals surface area contributed by atoms with Gasteiger partial charge in [0.25, 0.3) is 0 Å². The predicted molar refractivity (Wildman–Crippen MR) is 142 cm³/mol. The minimum atomic E-state index is -3.35. The molecule has 0 nitrogen and oxygen atoms in total. The Morgan fingerprint density at radius 2 is 1.29 bits per heavy atom. The molecule has 2 aliphatic carbocycles. The van der Waals surface area contributed by atoms with Crippen LogP contribution in [0, 0.1) is 5.92 Å². The van der Waals surface area contributed by atoms with Gasteiger partial charge in [-0.05, 0) is 0 Å². The smallest absolute Gasteiger partial charge is 0.147 e. The molecule has 2 atom stereocenters. The number of rotatable bonds is 3. The summed E-state index contributed by atoms with van der Waals surface area (Å²) in [6.45, 7) is 14.4. The summed E-state index contributed by atoms with van der Waals surface area (Å²) < 4.78 is 7.82. The standard InChI is InChI=1S/C16H13.C9H13.2CH3.2ClH.H2Si.Zr/c1-12-11-14-9-5-6-10-15(14)16(12)13-7-3-2-4-8-13;1-6-5-7(2)9(4)8(6)3;;;;;;/h2-11H,1H3;6H,1-4H3;2*1H3;2*1H;1H2;. The summed E-state index contributed by atoms with van der Waals surface area (Å²) in [4.78, 5) is 0. The first-order chi connectivity index (χ1) is 13.5. The molecule has 0 bridgehead atoms. The van der Waals surface area contributed by atoms with Gasteiger partial charge in [-0.1, -0.05) is 0 Å². The van der Waals surface area contributed by atoms with Crippen molar-refractivity contribution in [3.05, 3.63) is 96.9 Å². The zero-order valence-corrected chi connectivity index (χ0v) is 25.4. The molecule has 4 heteroatoms. The summed E-state index contributed by atoms with van der Waals surface area (Å²) in [7, 11) is 0. The number of allylic oxidation sites excluding steroid dienone is 5. The third-order valence-electron chi connectivity index (χ3n) is 7.88. The van der Waals surface area contributed by atoms with Crippen LogP contribution in [0.25, 0.3) is 5.57 Å². The van der Waals surface area contributed by atoms with Crippen LogP contribution in [0.2, 0.25) is 9.26 Å². The Morgan fingerprint density at radius 1 is 0.742 bits per heavy atom. The quantitative estimate of drug-likeness (QED) is 0.340. The SMILES string of the molecule is CC1=C(C)C(C)[C]([Zr]([CH3])([CH3])(=[SiH2])[CH]2C(C)=C(c3ccccc3)c3ccccc32)=C1C.Cl.Cl. The molecule has 31 heavy (non-hydrogen) atoms. The van der Waals surface area contributed by atoms with Crippen LogP contribution in [-0.4, -0.2) is 6.88 Å². The van der Waals surface area contributed by atoms with E-state index in [0.29, 0.717) is 9.54 Å². The molecule has 166 valence electrons. The zero-order chi connectivity index (χ0) is 21.2. The molecule has 2 unspecified atom stereocenters. The average Bonchev–Trinajstić information content (AvgIpc) is 3.09. The van der Waals surface area contributed by atoms with E-state index in [2.05, 4.69) is 105 Å². The van der Waals surface area contributed by atoms with Crippen LogP contribution in [0.15, 0.2) is 80.2 Å². The van der Waals surface area contributed by atoms with Crippen molar-refractivity contribution in [2.24, 2.45) is 5.92 Å². The normalized spacial score (nSPS) is 21.2. The van der Waals surface area contributed by atoms with Crippen molar-refractivity contribution in [2.75, 3.05) is 0 Å². The van der Waals surface area contributed by atoms with Gasteiger partial charge in [0.05, 0.1) is 0 Å². The topological polar surface area (TPSA) is 0 Å². The van der Waals surface area contributed by atoms with Crippen molar-refractivity contribution in [3.8, 4) is 0 Å². The van der Waals surface area contributed by atoms with Crippen molar-refractivity contribution >= 4 is 37.3 Å². The van der Waals surface area contributed by atoms with E-state index in [-0.39, 0.29) is 24.8 Å². The van der Waals surface area contributed by atoms with E-state index in [0.717, 1.165) is 0 Å². The Morgan fingerprint density at radius 3 is 1.84 bits per heavy atom. The molecule has 0 saturated heterocycles. The van der Waals surface area contributed by atoms with Gasteiger partial charge < -0.3 is 0 Å². The van der Waals surface area contributed by atoms with Gasteiger partial charge in [-0.3, -0.25) is 0 Å². The summed E-state index contributed by atoms with van der Waals surface area (Å²) >= 11 is -3.35. The van der Waals surface area contributed by atoms with Gasteiger partial charge in [0.1, 0.15) is 0 Å². The van der Waals surface area contributed by atoms with Gasteiger partial charge in [0, 0.05) is 0 Å². The van der Waals surface area contributed by atoms with E-state index in [9.17, 15) is 0 Å². The molecule has 2 aromatic rings. The number of halogens is 2. The van der Waals surface area contributed by atoms with Crippen LogP contribution < -0.4 is 0 Å². The van der Waals surface area contributed by atoms with Crippen molar-refractivity contribution in [2.45, 2.75) is 47.5 Å². The van der Waals surface area contributed by atoms with Crippen molar-refractivity contribution < 1.29 is 17.4 Å². The molecule has 0 aromatic heterocycles. The van der Waals surface area contributed by atoms with Crippen LogP contribution in [0.4, 0.5) is 0 Å². The van der Waals surface area contributed by atoms with Crippen LogP contribution in [0.5, 0.6) is 0 Å². The van der Waals surface area contributed by atoms with Crippen LogP contribution in [0.1, 0.15) is 54.9 Å². The van der Waals surface area contributed by atoms with Gasteiger partial charge >= 0.3 is 180 Å². The number of hydrogen-bond acceptors (Lipinski definition) is 0. The van der Waals surface area contributed by atoms with Gasteiger partial charge in [0.15, 0.2) is 0 Å². The fraction of sp³-hybridized carbons (Fsp3) is 0.333. The molecular weight excluding hydrogens is 515 g/mol. The van der Waals surface area contributed by atoms with Crippen molar-refractivity contribution in [3.63, 3.8) is 0 Å². The molecule has 0 radical (unpaired) electrons. The summed E-state index contributed by atoms with van der Waals surface area (Å²) in [5, 5.41) is 0. The van der Waals surface area contributed by atoms with Crippen LogP contribution >= 0.6 is 24.8 Å². The second-order valence-corrected chi connectivity index (χ2v) is 39.8. The van der Waals surface area contributed by atoms with E-state index in [1.807, 2.05) is 3.28 Å². The summed E-state index contributed by atoms with van der Waals surface area (Å²) in [6, 6.07) is 20.2. The number of hydrogen-bond donors (Lipinski definition) is 0. The van der Waals surface area contributed by atoms with E-state index in [1.54, 1.807) is 27.9 Å². The monoisotopic (exact) mass is 548 g/mol. The predicted octanol–water partition coefficient (Wildman–Crippen LogP) is 8.00. The second kappa shape index (κ2) is 8.94. The van der Waals surface area contributed by atoms with E-state index >= 15 is 0 Å². The molecule has 0 N–H and O–H groups in total. The Labute approximate surface area is 203 Å². The first-order valence-electron chi connectivity index (χ1n) is 10.9. The maximum atomic E-state index is 2.71. The van der Waals surface area contributed by atoms with E-state index < -0.39 is 17.4 Å². The fourth-order valence-electron chi connectivity index (χ4n) is 6.59. The van der Waals surface area contributed by atoms with Gasteiger partial charge in [-0.2, -0.15) is 0 Å². The summed E-state index contributed by atoms with van der Waals surface area (Å²) in [6.07, 6.45) is 0. The summed E-state index contributed by atoms with van der Waals surface area (Å²) in [5.41, 5.74) is 12.2. The Balaban J connectivity index is 0.00000171. The molecule has 2 aromatic carbocycles. The summed E-state index contributed by atoms with van der Waals surface area (Å²) in [5.74, 6) is 0.592. The largest absolute Gasteiger partial charge is 0.147 e. The maximum absolute atomic E-state index is 3.35. The molecule has 4 rings (SSSR count). The molecule has 0 amide bonds. The first kappa shape index (κ1) is 26.6. The van der Waals surface area contributed by atoms with E-state index in [4.69, 9.17) is 0 Å². The molecule has 0 saturated carbocycles. The molecule has 2 aliphatic rings. The second-order valence-electron chi connectivity index (χ2n) is 10.3. The minimum Gasteiger partial charge on any atom is -0.147 e. The van der Waals surface area contributed by atoms with Gasteiger partial charge in [0.2, 0.25) is 0 Å². The third kappa shape index (κ3) is 3.97. The van der Waals surface area contributed by atoms with Crippen molar-refractivity contribution in [1.82, 2.24) is 0 Å². The molecule has 0 fully saturated rings. The number of benzene rings is 2. The fourth-order valence-corrected chi connectivity index (χ4v) is 28.2. The molecule has 0 heterocycles. The maximum Gasteiger partial charge on any atom is -0.147 e. The molecular formula is C27H36Cl2SiZr. The molecule has 0 spiro atoms. The van der Waals surface area contributed by atoms with Crippen LogP contribution in [-0.2, 0) is 17.4 Å². The van der Waals surface area contributed by atoms with Crippen molar-refractivity contribution in [1.29, 1.82) is 0 Å². The van der Waals surface area contributed by atoms with Crippen LogP contribution in [0.3, 0.4) is 0 Å². The minimum absolute atomic E-state index is 0. The Hall–Kier alpha value is -0.660.